The number of nitrogens with one attached hydrogen (secondary N) is 1. The van der Waals surface area contributed by atoms with E-state index in [-0.39, 0.29) is 17.5 Å². The molecule has 148 valence electrons. The van der Waals surface area contributed by atoms with Gasteiger partial charge in [-0.2, -0.15) is 0 Å². The number of fused-ring (bicyclic) bond motifs is 3. The minimum atomic E-state index is -0.913. The van der Waals surface area contributed by atoms with Crippen LogP contribution in [0, 0.1) is 5.82 Å². The third-order valence-electron chi connectivity index (χ3n) is 4.55. The first-order chi connectivity index (χ1) is 13.9. The van der Waals surface area contributed by atoms with Crippen molar-refractivity contribution >= 4 is 28.4 Å². The third-order valence-corrected chi connectivity index (χ3v) is 4.55. The van der Waals surface area contributed by atoms with E-state index in [1.807, 2.05) is 30.5 Å². The van der Waals surface area contributed by atoms with Crippen molar-refractivity contribution in [2.45, 2.75) is 26.4 Å². The van der Waals surface area contributed by atoms with Crippen molar-refractivity contribution in [1.29, 1.82) is 0 Å². The molecule has 2 aromatic carbocycles. The molecule has 0 aliphatic carbocycles. The highest BCUT2D eigenvalue weighted by Crippen LogP contribution is 2.21. The van der Waals surface area contributed by atoms with E-state index in [0.717, 1.165) is 16.3 Å². The van der Waals surface area contributed by atoms with E-state index < -0.39 is 29.4 Å². The molecule has 4 rings (SSSR count). The van der Waals surface area contributed by atoms with E-state index >= 15 is 0 Å². The van der Waals surface area contributed by atoms with Gasteiger partial charge in [0.15, 0.2) is 0 Å². The summed E-state index contributed by atoms with van der Waals surface area (Å²) in [5.74, 6) is -0.829. The van der Waals surface area contributed by atoms with Gasteiger partial charge in [-0.3, -0.25) is 14.4 Å². The molecule has 1 amide bonds. The van der Waals surface area contributed by atoms with Crippen molar-refractivity contribution < 1.29 is 9.18 Å². The van der Waals surface area contributed by atoms with Crippen molar-refractivity contribution in [2.24, 2.45) is 0 Å². The monoisotopic (exact) mass is 395 g/mol. The molecule has 0 fully saturated rings. The predicted molar refractivity (Wildman–Crippen MR) is 107 cm³/mol. The lowest BCUT2D eigenvalue weighted by molar-refractivity contribution is -0.117. The van der Waals surface area contributed by atoms with Gasteiger partial charge in [-0.15, -0.1) is 5.10 Å². The number of benzene rings is 2. The van der Waals surface area contributed by atoms with Crippen LogP contribution >= 0.6 is 0 Å². The van der Waals surface area contributed by atoms with Crippen molar-refractivity contribution in [3.63, 3.8) is 0 Å². The number of anilines is 1. The molecule has 0 spiro atoms. The van der Waals surface area contributed by atoms with Crippen LogP contribution in [0.1, 0.15) is 19.9 Å². The topological polar surface area (TPSA) is 90.4 Å². The SMILES string of the molecule is CC(C)n1c2ccccc2n2c(=O)c(=O)n(CC(=O)Nc3cccc(F)c3)nc12. The molecular weight excluding hydrogens is 377 g/mol. The Labute approximate surface area is 163 Å². The fraction of sp³-hybridized carbons (Fsp3) is 0.200. The van der Waals surface area contributed by atoms with Crippen LogP contribution in [0.4, 0.5) is 10.1 Å². The summed E-state index contributed by atoms with van der Waals surface area (Å²) < 4.78 is 17.2. The average molecular weight is 395 g/mol. The fourth-order valence-electron chi connectivity index (χ4n) is 3.35. The Balaban J connectivity index is 1.82. The van der Waals surface area contributed by atoms with Gasteiger partial charge in [0, 0.05) is 11.7 Å². The van der Waals surface area contributed by atoms with E-state index in [0.29, 0.717) is 5.52 Å². The second kappa shape index (κ2) is 7.01. The van der Waals surface area contributed by atoms with Gasteiger partial charge < -0.3 is 9.88 Å². The Morgan fingerprint density at radius 2 is 1.79 bits per heavy atom. The highest BCUT2D eigenvalue weighted by Gasteiger charge is 2.19. The Morgan fingerprint density at radius 3 is 2.48 bits per heavy atom. The number of amides is 1. The van der Waals surface area contributed by atoms with Crippen LogP contribution in [0.25, 0.3) is 16.8 Å². The lowest BCUT2D eigenvalue weighted by Crippen LogP contribution is -2.42. The van der Waals surface area contributed by atoms with Crippen LogP contribution < -0.4 is 16.4 Å². The first kappa shape index (κ1) is 18.6. The molecule has 0 atom stereocenters. The largest absolute Gasteiger partial charge is 0.333 e. The van der Waals surface area contributed by atoms with Crippen LogP contribution in [0.3, 0.4) is 0 Å². The van der Waals surface area contributed by atoms with Gasteiger partial charge in [-0.05, 0) is 44.2 Å². The Kier molecular flexibility index (Phi) is 4.50. The number of hydrogen-bond donors (Lipinski definition) is 1. The van der Waals surface area contributed by atoms with Gasteiger partial charge in [0.2, 0.25) is 11.7 Å². The number of carbonyl (C=O) groups excluding carboxylic acids is 1. The maximum absolute atomic E-state index is 13.3. The zero-order chi connectivity index (χ0) is 20.7. The fourth-order valence-corrected chi connectivity index (χ4v) is 3.35. The first-order valence-corrected chi connectivity index (χ1v) is 9.05. The van der Waals surface area contributed by atoms with Crippen LogP contribution in [-0.2, 0) is 11.3 Å². The van der Waals surface area contributed by atoms with E-state index in [1.54, 1.807) is 12.1 Å². The standard InChI is InChI=1S/C20H18FN5O3/c1-12(2)25-15-8-3-4-9-16(15)26-19(29)18(28)24(23-20(25)26)11-17(27)22-14-7-5-6-13(21)10-14/h3-10,12H,11H2,1-2H3,(H,22,27). The van der Waals surface area contributed by atoms with Gasteiger partial charge in [0.05, 0.1) is 11.0 Å². The van der Waals surface area contributed by atoms with Gasteiger partial charge in [-0.1, -0.05) is 18.2 Å². The van der Waals surface area contributed by atoms with E-state index in [1.165, 1.54) is 22.6 Å². The number of nitrogens with zero attached hydrogens (tertiary/aromatic N) is 4. The molecule has 29 heavy (non-hydrogen) atoms. The quantitative estimate of drug-likeness (QED) is 0.536. The molecule has 9 heteroatoms. The van der Waals surface area contributed by atoms with Crippen LogP contribution in [0.5, 0.6) is 0 Å². The summed E-state index contributed by atoms with van der Waals surface area (Å²) in [5, 5.41) is 6.78. The zero-order valence-electron chi connectivity index (χ0n) is 15.8. The summed E-state index contributed by atoms with van der Waals surface area (Å²) in [6, 6.07) is 12.5. The number of para-hydroxylation sites is 2. The van der Waals surface area contributed by atoms with E-state index in [4.69, 9.17) is 0 Å². The first-order valence-electron chi connectivity index (χ1n) is 9.05. The van der Waals surface area contributed by atoms with Crippen LogP contribution in [0.15, 0.2) is 58.1 Å². The highest BCUT2D eigenvalue weighted by molar-refractivity contribution is 5.90. The van der Waals surface area contributed by atoms with Crippen molar-refractivity contribution in [3.05, 3.63) is 75.1 Å². The predicted octanol–water partition coefficient (Wildman–Crippen LogP) is 2.17. The summed E-state index contributed by atoms with van der Waals surface area (Å²) in [6.07, 6.45) is 0. The molecule has 0 aliphatic rings. The lowest BCUT2D eigenvalue weighted by Gasteiger charge is -2.11. The Hall–Kier alpha value is -3.75. The lowest BCUT2D eigenvalue weighted by atomic mass is 10.3. The maximum Gasteiger partial charge on any atom is 0.333 e. The summed E-state index contributed by atoms with van der Waals surface area (Å²) in [4.78, 5) is 37.7. The van der Waals surface area contributed by atoms with Gasteiger partial charge >= 0.3 is 11.1 Å². The number of hydrogen-bond acceptors (Lipinski definition) is 4. The number of carbonyl (C=O) groups is 1. The number of aromatic nitrogens is 4. The second-order valence-electron chi connectivity index (χ2n) is 6.91. The molecule has 4 aromatic rings. The molecular formula is C20H18FN5O3. The highest BCUT2D eigenvalue weighted by atomic mass is 19.1. The smallest absolute Gasteiger partial charge is 0.324 e. The molecule has 0 aliphatic heterocycles. The Morgan fingerprint density at radius 1 is 1.07 bits per heavy atom. The maximum atomic E-state index is 13.3. The second-order valence-corrected chi connectivity index (χ2v) is 6.91. The molecule has 1 N–H and O–H groups in total. The Bertz CT molecular complexity index is 1370. The molecule has 8 nitrogen and oxygen atoms in total. The summed E-state index contributed by atoms with van der Waals surface area (Å²) in [6.45, 7) is 3.40. The molecule has 2 heterocycles. The third kappa shape index (κ3) is 3.20. The van der Waals surface area contributed by atoms with Gasteiger partial charge in [-0.25, -0.2) is 13.5 Å². The van der Waals surface area contributed by atoms with Crippen molar-refractivity contribution in [2.75, 3.05) is 5.32 Å². The molecule has 2 aromatic heterocycles. The number of rotatable bonds is 4. The van der Waals surface area contributed by atoms with Crippen LogP contribution in [-0.4, -0.2) is 24.7 Å². The normalized spacial score (nSPS) is 11.4. The molecule has 0 unspecified atom stereocenters. The molecule has 0 saturated carbocycles. The molecule has 0 saturated heterocycles. The van der Waals surface area contributed by atoms with E-state index in [2.05, 4.69) is 10.4 Å². The summed E-state index contributed by atoms with van der Waals surface area (Å²) in [7, 11) is 0. The summed E-state index contributed by atoms with van der Waals surface area (Å²) in [5.41, 5.74) is -0.125. The zero-order valence-corrected chi connectivity index (χ0v) is 15.8. The number of imidazole rings is 1. The summed E-state index contributed by atoms with van der Waals surface area (Å²) >= 11 is 0. The molecule has 0 bridgehead atoms. The van der Waals surface area contributed by atoms with Crippen molar-refractivity contribution in [1.82, 2.24) is 18.7 Å². The minimum Gasteiger partial charge on any atom is -0.324 e. The number of halogens is 1. The molecule has 0 radical (unpaired) electrons. The average Bonchev–Trinajstić information content (AvgIpc) is 3.00. The van der Waals surface area contributed by atoms with Crippen molar-refractivity contribution in [3.8, 4) is 0 Å². The van der Waals surface area contributed by atoms with Gasteiger partial charge in [0.1, 0.15) is 12.4 Å². The minimum absolute atomic E-state index is 0.0381. The van der Waals surface area contributed by atoms with E-state index in [9.17, 15) is 18.8 Å². The van der Waals surface area contributed by atoms with Crippen LogP contribution in [0.2, 0.25) is 0 Å². The van der Waals surface area contributed by atoms with Gasteiger partial charge in [0.25, 0.3) is 0 Å².